The summed E-state index contributed by atoms with van der Waals surface area (Å²) in [5.74, 6) is 4.56. The Kier molecular flexibility index (Phi) is 11.2. The summed E-state index contributed by atoms with van der Waals surface area (Å²) >= 11 is -0.826. The van der Waals surface area contributed by atoms with Gasteiger partial charge in [-0.3, -0.25) is 0 Å². The van der Waals surface area contributed by atoms with Crippen molar-refractivity contribution in [2.45, 2.75) is 49.9 Å². The average Bonchev–Trinajstić information content (AvgIpc) is 3.33. The Balaban J connectivity index is 0.000000733. The third-order valence-electron chi connectivity index (χ3n) is 8.64. The molecule has 2 saturated carbocycles. The van der Waals surface area contributed by atoms with Gasteiger partial charge >= 0.3 is 37.9 Å². The van der Waals surface area contributed by atoms with Crippen molar-refractivity contribution in [3.05, 3.63) is 99.4 Å². The van der Waals surface area contributed by atoms with Crippen molar-refractivity contribution in [2.24, 2.45) is 29.6 Å². The molecule has 0 nitrogen and oxygen atoms in total. The molecule has 4 heteroatoms. The maximum absolute atomic E-state index is 4.93. The van der Waals surface area contributed by atoms with Crippen LogP contribution in [0.25, 0.3) is 0 Å². The minimum atomic E-state index is -1.50. The van der Waals surface area contributed by atoms with E-state index in [9.17, 15) is 0 Å². The molecule has 2 fully saturated rings. The SMILES string of the molecule is CC1CC2C=CC=CC2C1[Si](C)(C)C1CC2C=CC=CC2C1c1ccccc1.[CH3-].[CH3-].[Cl][Zr+2][Cl]. The molecule has 0 saturated heterocycles. The fourth-order valence-electron chi connectivity index (χ4n) is 7.62. The minimum absolute atomic E-state index is 0. The maximum atomic E-state index is 4.93. The fraction of sp³-hybridized carbons (Fsp3) is 0.448. The van der Waals surface area contributed by atoms with Crippen molar-refractivity contribution in [1.29, 1.82) is 0 Å². The number of hydrogen-bond acceptors (Lipinski definition) is 0. The van der Waals surface area contributed by atoms with Crippen LogP contribution in [0.3, 0.4) is 0 Å². The van der Waals surface area contributed by atoms with Gasteiger partial charge in [0.25, 0.3) is 0 Å². The molecule has 178 valence electrons. The molecule has 1 aromatic rings. The molecule has 5 rings (SSSR count). The molecular weight excluding hydrogens is 539 g/mol. The standard InChI is InChI=1S/C27H34Si.2CH3.2ClH.Zr/c1-19-17-21-13-8-10-16-24(21)27(19)28(2,3)25-18-22-14-7-9-15-23(22)26(25)20-11-5-4-6-12-20;;;;;/h4-16,19,21-27H,17-18H2,1-3H3;2*1H3;2*1H;/q;2*-1;;;+4/p-2. The van der Waals surface area contributed by atoms with E-state index in [1.165, 1.54) is 12.8 Å². The normalized spacial score (nSPS) is 35.3. The van der Waals surface area contributed by atoms with Crippen LogP contribution in [-0.4, -0.2) is 8.07 Å². The Morgan fingerprint density at radius 3 is 1.91 bits per heavy atom. The van der Waals surface area contributed by atoms with E-state index in [2.05, 4.69) is 99.0 Å². The molecule has 0 spiro atoms. The van der Waals surface area contributed by atoms with Gasteiger partial charge in [-0.1, -0.05) is 99.0 Å². The first-order valence-corrected chi connectivity index (χ1v) is 21.2. The van der Waals surface area contributed by atoms with Crippen LogP contribution in [0.15, 0.2) is 78.9 Å². The van der Waals surface area contributed by atoms with Crippen LogP contribution in [0.2, 0.25) is 24.2 Å². The predicted molar refractivity (Wildman–Crippen MR) is 148 cm³/mol. The third-order valence-corrected chi connectivity index (χ3v) is 13.8. The first-order chi connectivity index (χ1) is 15.0. The molecule has 8 unspecified atom stereocenters. The fourth-order valence-corrected chi connectivity index (χ4v) is 13.3. The van der Waals surface area contributed by atoms with Crippen LogP contribution >= 0.6 is 17.0 Å². The Labute approximate surface area is 223 Å². The molecule has 0 amide bonds. The van der Waals surface area contributed by atoms with E-state index in [0.717, 1.165) is 34.8 Å². The molecule has 0 N–H and O–H groups in total. The number of benzene rings is 1. The summed E-state index contributed by atoms with van der Waals surface area (Å²) < 4.78 is 0. The van der Waals surface area contributed by atoms with Crippen molar-refractivity contribution in [3.8, 4) is 0 Å². The summed E-state index contributed by atoms with van der Waals surface area (Å²) in [5.41, 5.74) is 3.35. The van der Waals surface area contributed by atoms with Gasteiger partial charge in [0.1, 0.15) is 0 Å². The van der Waals surface area contributed by atoms with Crippen molar-refractivity contribution in [1.82, 2.24) is 0 Å². The van der Waals surface area contributed by atoms with Crippen LogP contribution in [0.1, 0.15) is 31.2 Å². The van der Waals surface area contributed by atoms with Crippen molar-refractivity contribution >= 4 is 25.1 Å². The zero-order chi connectivity index (χ0) is 22.0. The van der Waals surface area contributed by atoms with Gasteiger partial charge < -0.3 is 14.9 Å². The number of fused-ring (bicyclic) bond motifs is 2. The Bertz CT molecular complexity index is 860. The van der Waals surface area contributed by atoms with Crippen molar-refractivity contribution in [2.75, 3.05) is 0 Å². The zero-order valence-corrected chi connectivity index (χ0v) is 25.8. The molecule has 0 radical (unpaired) electrons. The van der Waals surface area contributed by atoms with Gasteiger partial charge in [0.2, 0.25) is 0 Å². The number of rotatable bonds is 3. The van der Waals surface area contributed by atoms with E-state index in [1.54, 1.807) is 5.56 Å². The average molecular weight is 579 g/mol. The molecule has 4 aliphatic rings. The van der Waals surface area contributed by atoms with Gasteiger partial charge in [0.15, 0.2) is 0 Å². The number of allylic oxidation sites excluding steroid dienone is 8. The predicted octanol–water partition coefficient (Wildman–Crippen LogP) is 9.66. The number of hydrogen-bond donors (Lipinski definition) is 0. The molecule has 4 aliphatic carbocycles. The van der Waals surface area contributed by atoms with E-state index in [4.69, 9.17) is 17.0 Å². The summed E-state index contributed by atoms with van der Waals surface area (Å²) in [4.78, 5) is 0. The van der Waals surface area contributed by atoms with Gasteiger partial charge in [0.05, 0.1) is 8.07 Å². The van der Waals surface area contributed by atoms with Gasteiger partial charge in [-0.05, 0) is 65.0 Å². The van der Waals surface area contributed by atoms with Crippen molar-refractivity contribution in [3.63, 3.8) is 0 Å². The first-order valence-electron chi connectivity index (χ1n) is 11.7. The Hall–Kier alpha value is -0.140. The summed E-state index contributed by atoms with van der Waals surface area (Å²) in [6.07, 6.45) is 22.1. The summed E-state index contributed by atoms with van der Waals surface area (Å²) in [6.45, 7) is 8.04. The van der Waals surface area contributed by atoms with Crippen LogP contribution in [0, 0.1) is 44.4 Å². The topological polar surface area (TPSA) is 0 Å². The van der Waals surface area contributed by atoms with E-state index in [-0.39, 0.29) is 14.9 Å². The molecule has 0 aliphatic heterocycles. The second-order valence-corrected chi connectivity index (χ2v) is 19.2. The molecule has 1 aromatic carbocycles. The Morgan fingerprint density at radius 2 is 1.30 bits per heavy atom. The molecule has 0 aromatic heterocycles. The van der Waals surface area contributed by atoms with E-state index in [1.807, 2.05) is 0 Å². The molecule has 8 atom stereocenters. The van der Waals surface area contributed by atoms with E-state index < -0.39 is 28.9 Å². The summed E-state index contributed by atoms with van der Waals surface area (Å²) in [5, 5.41) is 0. The van der Waals surface area contributed by atoms with Gasteiger partial charge in [-0.25, -0.2) is 0 Å². The van der Waals surface area contributed by atoms with Crippen LogP contribution in [0.4, 0.5) is 0 Å². The van der Waals surface area contributed by atoms with E-state index >= 15 is 0 Å². The van der Waals surface area contributed by atoms with Gasteiger partial charge in [0, 0.05) is 0 Å². The quantitative estimate of drug-likeness (QED) is 0.247. The monoisotopic (exact) mass is 576 g/mol. The third kappa shape index (κ3) is 5.82. The molecular formula is C29H40Cl2SiZr. The number of halogens is 2. The second-order valence-electron chi connectivity index (χ2n) is 10.4. The molecule has 0 bridgehead atoms. The molecule has 33 heavy (non-hydrogen) atoms. The summed E-state index contributed by atoms with van der Waals surface area (Å²) in [6, 6.07) is 11.5. The second kappa shape index (κ2) is 12.7. The zero-order valence-electron chi connectivity index (χ0n) is 20.8. The van der Waals surface area contributed by atoms with E-state index in [0.29, 0.717) is 11.8 Å². The molecule has 0 heterocycles. The van der Waals surface area contributed by atoms with Gasteiger partial charge in [-0.15, -0.1) is 0 Å². The van der Waals surface area contributed by atoms with Crippen LogP contribution < -0.4 is 0 Å². The summed E-state index contributed by atoms with van der Waals surface area (Å²) in [7, 11) is 8.37. The van der Waals surface area contributed by atoms with Gasteiger partial charge in [-0.2, -0.15) is 0 Å². The van der Waals surface area contributed by atoms with Crippen molar-refractivity contribution < 1.29 is 20.8 Å². The Morgan fingerprint density at radius 1 is 0.788 bits per heavy atom. The van der Waals surface area contributed by atoms with Crippen LogP contribution in [0.5, 0.6) is 0 Å². The first kappa shape index (κ1) is 29.1. The van der Waals surface area contributed by atoms with Crippen LogP contribution in [-0.2, 0) is 20.8 Å².